The average molecular weight is 338 g/mol. The van der Waals surface area contributed by atoms with Crippen LogP contribution < -0.4 is 4.43 Å². The number of hydrogen-bond donors (Lipinski definition) is 0. The Labute approximate surface area is 102 Å². The Balaban J connectivity index is 2.50. The third-order valence-corrected chi connectivity index (χ3v) is 6.65. The number of unbranched alkanes of at least 4 members (excludes halogenated alkanes) is 1. The molecule has 1 rings (SSSR count). The molecule has 1 nitrogen and oxygen atoms in total. The van der Waals surface area contributed by atoms with Gasteiger partial charge in [0.1, 0.15) is 5.75 Å². The van der Waals surface area contributed by atoms with Gasteiger partial charge in [-0.05, 0) is 18.2 Å². The Morgan fingerprint density at radius 1 is 1.21 bits per heavy atom. The lowest BCUT2D eigenvalue weighted by molar-refractivity contribution is 0.577. The van der Waals surface area contributed by atoms with E-state index in [1.807, 2.05) is 30.3 Å². The van der Waals surface area contributed by atoms with Gasteiger partial charge in [0, 0.05) is 0 Å². The molecule has 0 radical (unpaired) electrons. The number of para-hydroxylation sites is 1. The highest BCUT2D eigenvalue weighted by molar-refractivity contribution is 9.50. The third kappa shape index (κ3) is 4.62. The normalized spacial score (nSPS) is 11.4. The molecule has 0 aliphatic rings. The van der Waals surface area contributed by atoms with Gasteiger partial charge in [0.25, 0.3) is 0 Å². The van der Waals surface area contributed by atoms with Crippen LogP contribution in [0, 0.1) is 0 Å². The van der Waals surface area contributed by atoms with Gasteiger partial charge in [-0.15, -0.1) is 0 Å². The molecule has 0 unspecified atom stereocenters. The second-order valence-corrected chi connectivity index (χ2v) is 16.0. The molecule has 4 heteroatoms. The van der Waals surface area contributed by atoms with E-state index in [1.54, 1.807) is 0 Å². The van der Waals surface area contributed by atoms with Crippen molar-refractivity contribution >= 4 is 36.1 Å². The number of hydrogen-bond acceptors (Lipinski definition) is 1. The number of halogens is 2. The van der Waals surface area contributed by atoms with E-state index in [2.05, 4.69) is 37.5 Å². The maximum absolute atomic E-state index is 5.88. The Bertz CT molecular complexity index is 264. The molecular weight excluding hydrogens is 324 g/mol. The van der Waals surface area contributed by atoms with Gasteiger partial charge in [0.15, 0.2) is 0 Å². The first kappa shape index (κ1) is 12.3. The van der Waals surface area contributed by atoms with Gasteiger partial charge >= 0.3 is 5.56 Å². The summed E-state index contributed by atoms with van der Waals surface area (Å²) in [5.41, 5.74) is -1.84. The second-order valence-electron chi connectivity index (χ2n) is 3.16. The molecule has 0 spiro atoms. The lowest BCUT2D eigenvalue weighted by Gasteiger charge is -2.19. The van der Waals surface area contributed by atoms with Crippen LogP contribution in [-0.2, 0) is 0 Å². The van der Waals surface area contributed by atoms with Crippen LogP contribution in [0.5, 0.6) is 5.75 Å². The van der Waals surface area contributed by atoms with Crippen molar-refractivity contribution in [3.63, 3.8) is 0 Å². The maximum Gasteiger partial charge on any atom is 0.393 e. The summed E-state index contributed by atoms with van der Waals surface area (Å²) < 4.78 is 5.88. The fraction of sp³-hybridized carbons (Fsp3) is 0.400. The topological polar surface area (TPSA) is 9.23 Å². The van der Waals surface area contributed by atoms with E-state index in [4.69, 9.17) is 4.43 Å². The Hall–Kier alpha value is 0.197. The smallest absolute Gasteiger partial charge is 0.393 e. The summed E-state index contributed by atoms with van der Waals surface area (Å²) in [5.74, 6) is 0.934. The summed E-state index contributed by atoms with van der Waals surface area (Å²) in [6.45, 7) is 2.19. The van der Waals surface area contributed by atoms with E-state index in [0.29, 0.717) is 0 Å². The van der Waals surface area contributed by atoms with Crippen molar-refractivity contribution < 1.29 is 4.43 Å². The maximum atomic E-state index is 5.88. The zero-order chi connectivity index (χ0) is 10.4. The first-order valence-electron chi connectivity index (χ1n) is 4.76. The van der Waals surface area contributed by atoms with Gasteiger partial charge < -0.3 is 4.43 Å². The van der Waals surface area contributed by atoms with Crippen molar-refractivity contribution in [2.75, 3.05) is 0 Å². The van der Waals surface area contributed by atoms with Crippen LogP contribution in [0.3, 0.4) is 0 Å². The lowest BCUT2D eigenvalue weighted by atomic mass is 10.3. The molecule has 0 aromatic heterocycles. The van der Waals surface area contributed by atoms with Gasteiger partial charge in [0.2, 0.25) is 0 Å². The van der Waals surface area contributed by atoms with Crippen molar-refractivity contribution in [3.05, 3.63) is 30.3 Å². The summed E-state index contributed by atoms with van der Waals surface area (Å²) >= 11 is 7.31. The highest BCUT2D eigenvalue weighted by Gasteiger charge is 2.29. The summed E-state index contributed by atoms with van der Waals surface area (Å²) in [6, 6.07) is 11.0. The third-order valence-electron chi connectivity index (χ3n) is 1.83. The first-order chi connectivity index (χ1) is 6.64. The summed E-state index contributed by atoms with van der Waals surface area (Å²) in [6.07, 6.45) is 2.39. The molecule has 1 aromatic carbocycles. The molecule has 0 amide bonds. The van der Waals surface area contributed by atoms with Crippen LogP contribution in [0.15, 0.2) is 30.3 Å². The summed E-state index contributed by atoms with van der Waals surface area (Å²) in [5, 5.41) is 0. The van der Waals surface area contributed by atoms with Crippen molar-refractivity contribution in [1.82, 2.24) is 0 Å². The Kier molecular flexibility index (Phi) is 5.20. The van der Waals surface area contributed by atoms with Gasteiger partial charge in [-0.25, -0.2) is 0 Å². The molecule has 0 saturated heterocycles. The molecule has 0 saturated carbocycles. The second kappa shape index (κ2) is 5.93. The SMILES string of the molecule is CCCC[Si](Br)(Br)Oc1ccccc1. The van der Waals surface area contributed by atoms with Crippen molar-refractivity contribution in [1.29, 1.82) is 0 Å². The van der Waals surface area contributed by atoms with Crippen molar-refractivity contribution in [2.45, 2.75) is 25.8 Å². The molecular formula is C10H14Br2OSi. The van der Waals surface area contributed by atoms with E-state index in [0.717, 1.165) is 11.8 Å². The van der Waals surface area contributed by atoms with Crippen LogP contribution in [0.25, 0.3) is 0 Å². The molecule has 14 heavy (non-hydrogen) atoms. The van der Waals surface area contributed by atoms with Gasteiger partial charge in [-0.1, -0.05) is 68.5 Å². The minimum Gasteiger partial charge on any atom is -0.524 e. The largest absolute Gasteiger partial charge is 0.524 e. The summed E-state index contributed by atoms with van der Waals surface area (Å²) in [4.78, 5) is 0. The van der Waals surface area contributed by atoms with E-state index >= 15 is 0 Å². The predicted molar refractivity (Wildman–Crippen MR) is 70.4 cm³/mol. The van der Waals surface area contributed by atoms with Crippen molar-refractivity contribution in [2.24, 2.45) is 0 Å². The minimum atomic E-state index is -1.84. The lowest BCUT2D eigenvalue weighted by Crippen LogP contribution is -2.26. The number of benzene rings is 1. The molecule has 0 N–H and O–H groups in total. The zero-order valence-corrected chi connectivity index (χ0v) is 12.3. The quantitative estimate of drug-likeness (QED) is 0.563. The highest BCUT2D eigenvalue weighted by atomic mass is 79.9. The molecule has 0 atom stereocenters. The summed E-state index contributed by atoms with van der Waals surface area (Å²) in [7, 11) is 0. The molecule has 1 aromatic rings. The fourth-order valence-corrected chi connectivity index (χ4v) is 5.25. The highest BCUT2D eigenvalue weighted by Crippen LogP contribution is 2.30. The van der Waals surface area contributed by atoms with E-state index in [-0.39, 0.29) is 0 Å². The Morgan fingerprint density at radius 2 is 1.86 bits per heavy atom. The van der Waals surface area contributed by atoms with E-state index < -0.39 is 5.56 Å². The van der Waals surface area contributed by atoms with E-state index in [9.17, 15) is 0 Å². The van der Waals surface area contributed by atoms with Crippen LogP contribution >= 0.6 is 30.6 Å². The predicted octanol–water partition coefficient (Wildman–Crippen LogP) is 4.59. The molecule has 0 heterocycles. The first-order valence-corrected chi connectivity index (χ1v) is 11.4. The van der Waals surface area contributed by atoms with Gasteiger partial charge in [-0.2, -0.15) is 0 Å². The fourth-order valence-electron chi connectivity index (χ4n) is 1.09. The van der Waals surface area contributed by atoms with Crippen LogP contribution in [0.4, 0.5) is 0 Å². The monoisotopic (exact) mass is 336 g/mol. The standard InChI is InChI=1S/C10H14Br2OSi/c1-2-3-9-14(11,12)13-10-7-5-4-6-8-10/h4-8H,2-3,9H2,1H3. The minimum absolute atomic E-state index is 0.934. The van der Waals surface area contributed by atoms with Gasteiger partial charge in [0.05, 0.1) is 0 Å². The van der Waals surface area contributed by atoms with Crippen LogP contribution in [-0.4, -0.2) is 5.56 Å². The van der Waals surface area contributed by atoms with E-state index in [1.165, 1.54) is 12.8 Å². The molecule has 0 aliphatic carbocycles. The molecule has 0 fully saturated rings. The molecule has 78 valence electrons. The number of rotatable bonds is 5. The van der Waals surface area contributed by atoms with Crippen LogP contribution in [0.2, 0.25) is 6.04 Å². The Morgan fingerprint density at radius 3 is 2.43 bits per heavy atom. The molecule has 0 aliphatic heterocycles. The zero-order valence-electron chi connectivity index (χ0n) is 8.17. The molecule has 0 bridgehead atoms. The average Bonchev–Trinajstić information content (AvgIpc) is 2.16. The van der Waals surface area contributed by atoms with Crippen molar-refractivity contribution in [3.8, 4) is 5.75 Å². The van der Waals surface area contributed by atoms with Gasteiger partial charge in [-0.3, -0.25) is 0 Å². The van der Waals surface area contributed by atoms with Crippen LogP contribution in [0.1, 0.15) is 19.8 Å².